The number of urea groups is 1. The van der Waals surface area contributed by atoms with Gasteiger partial charge in [0.2, 0.25) is 0 Å². The zero-order valence-corrected chi connectivity index (χ0v) is 15.0. The van der Waals surface area contributed by atoms with Crippen LogP contribution in [0.15, 0.2) is 43.0 Å². The van der Waals surface area contributed by atoms with Crippen molar-refractivity contribution < 1.29 is 14.7 Å². The molecule has 4 rings (SSSR count). The van der Waals surface area contributed by atoms with E-state index >= 15 is 0 Å². The van der Waals surface area contributed by atoms with Crippen LogP contribution in [0.25, 0.3) is 5.65 Å². The van der Waals surface area contributed by atoms with Crippen LogP contribution in [0.4, 0.5) is 10.6 Å². The van der Waals surface area contributed by atoms with Gasteiger partial charge in [0.05, 0.1) is 18.0 Å². The minimum Gasteiger partial charge on any atom is -0.478 e. The van der Waals surface area contributed by atoms with E-state index in [0.717, 1.165) is 11.4 Å². The number of hydrogen-bond donors (Lipinski definition) is 2. The van der Waals surface area contributed by atoms with Crippen molar-refractivity contribution >= 4 is 23.5 Å². The summed E-state index contributed by atoms with van der Waals surface area (Å²) in [5.41, 5.74) is 1.76. The average molecular weight is 381 g/mol. The molecule has 10 heteroatoms. The Morgan fingerprint density at radius 3 is 2.54 bits per heavy atom. The molecule has 3 aromatic rings. The summed E-state index contributed by atoms with van der Waals surface area (Å²) in [4.78, 5) is 35.5. The van der Waals surface area contributed by atoms with E-state index in [1.807, 2.05) is 0 Å². The first-order valence-corrected chi connectivity index (χ1v) is 8.85. The Morgan fingerprint density at radius 1 is 1.07 bits per heavy atom. The molecule has 28 heavy (non-hydrogen) atoms. The van der Waals surface area contributed by atoms with Crippen LogP contribution in [0.1, 0.15) is 15.9 Å². The third-order valence-corrected chi connectivity index (χ3v) is 4.71. The number of carbonyl (C=O) groups is 2. The van der Waals surface area contributed by atoms with Gasteiger partial charge in [0, 0.05) is 32.7 Å². The molecule has 0 saturated carbocycles. The smallest absolute Gasteiger partial charge is 0.335 e. The number of nitrogens with one attached hydrogen (secondary N) is 1. The summed E-state index contributed by atoms with van der Waals surface area (Å²) in [6.45, 7) is 2.84. The van der Waals surface area contributed by atoms with Crippen LogP contribution in [0.2, 0.25) is 0 Å². The predicted octanol–water partition coefficient (Wildman–Crippen LogP) is 0.854. The summed E-state index contributed by atoms with van der Waals surface area (Å²) in [6, 6.07) is 6.32. The summed E-state index contributed by atoms with van der Waals surface area (Å²) < 4.78 is 1.74. The van der Waals surface area contributed by atoms with E-state index in [1.165, 1.54) is 18.5 Å². The fourth-order valence-electron chi connectivity index (χ4n) is 3.15. The minimum atomic E-state index is -0.967. The molecule has 0 radical (unpaired) electrons. The number of carbonyl (C=O) groups excluding carboxylic acids is 1. The summed E-state index contributed by atoms with van der Waals surface area (Å²) >= 11 is 0. The molecule has 1 aromatic carbocycles. The highest BCUT2D eigenvalue weighted by Crippen LogP contribution is 2.16. The van der Waals surface area contributed by atoms with Crippen LogP contribution in [0.3, 0.4) is 0 Å². The summed E-state index contributed by atoms with van der Waals surface area (Å²) in [7, 11) is 0. The first kappa shape index (κ1) is 17.7. The van der Waals surface area contributed by atoms with E-state index in [1.54, 1.807) is 33.9 Å². The fraction of sp³-hybridized carbons (Fsp3) is 0.278. The first-order chi connectivity index (χ1) is 13.6. The topological polar surface area (TPSA) is 116 Å². The van der Waals surface area contributed by atoms with E-state index in [0.29, 0.717) is 38.4 Å². The molecule has 144 valence electrons. The number of carboxylic acid groups (broad SMARTS) is 1. The third-order valence-electron chi connectivity index (χ3n) is 4.71. The van der Waals surface area contributed by atoms with Gasteiger partial charge in [-0.25, -0.2) is 14.6 Å². The molecule has 0 aliphatic carbocycles. The number of piperazine rings is 1. The van der Waals surface area contributed by atoms with Gasteiger partial charge in [0.1, 0.15) is 6.33 Å². The number of carboxylic acids is 1. The van der Waals surface area contributed by atoms with Crippen LogP contribution in [-0.4, -0.2) is 67.8 Å². The fourth-order valence-corrected chi connectivity index (χ4v) is 3.15. The molecule has 2 amide bonds. The number of nitrogens with zero attached hydrogens (tertiary/aromatic N) is 6. The van der Waals surface area contributed by atoms with Crippen molar-refractivity contribution in [3.05, 3.63) is 54.1 Å². The molecule has 1 fully saturated rings. The van der Waals surface area contributed by atoms with Crippen molar-refractivity contribution in [2.45, 2.75) is 6.54 Å². The van der Waals surface area contributed by atoms with Gasteiger partial charge in [-0.15, -0.1) is 0 Å². The molecule has 0 unspecified atom stereocenters. The van der Waals surface area contributed by atoms with Crippen LogP contribution >= 0.6 is 0 Å². The zero-order valence-electron chi connectivity index (χ0n) is 15.0. The first-order valence-electron chi connectivity index (χ1n) is 8.85. The Hall–Kier alpha value is -3.69. The van der Waals surface area contributed by atoms with Crippen molar-refractivity contribution in [2.75, 3.05) is 31.1 Å². The Morgan fingerprint density at radius 2 is 1.82 bits per heavy atom. The molecule has 0 spiro atoms. The van der Waals surface area contributed by atoms with E-state index in [-0.39, 0.29) is 11.6 Å². The SMILES string of the molecule is O=C(O)c1ccc(CNC(=O)N2CCN(c3cncc4ncnn34)CC2)cc1. The summed E-state index contributed by atoms with van der Waals surface area (Å²) in [5.74, 6) is -0.112. The quantitative estimate of drug-likeness (QED) is 0.688. The maximum Gasteiger partial charge on any atom is 0.335 e. The maximum absolute atomic E-state index is 12.4. The van der Waals surface area contributed by atoms with Crippen molar-refractivity contribution in [2.24, 2.45) is 0 Å². The molecule has 1 saturated heterocycles. The van der Waals surface area contributed by atoms with Crippen molar-refractivity contribution in [3.8, 4) is 0 Å². The van der Waals surface area contributed by atoms with E-state index in [9.17, 15) is 9.59 Å². The van der Waals surface area contributed by atoms with Crippen molar-refractivity contribution in [1.29, 1.82) is 0 Å². The Bertz CT molecular complexity index is 994. The molecule has 0 bridgehead atoms. The van der Waals surface area contributed by atoms with Crippen molar-refractivity contribution in [3.63, 3.8) is 0 Å². The van der Waals surface area contributed by atoms with E-state index in [2.05, 4.69) is 25.3 Å². The van der Waals surface area contributed by atoms with Gasteiger partial charge in [0.25, 0.3) is 0 Å². The third kappa shape index (κ3) is 3.56. The second kappa shape index (κ2) is 7.51. The Labute approximate surface area is 160 Å². The van der Waals surface area contributed by atoms with Gasteiger partial charge in [-0.3, -0.25) is 4.98 Å². The molecule has 3 heterocycles. The summed E-state index contributed by atoms with van der Waals surface area (Å²) in [5, 5.41) is 16.0. The average Bonchev–Trinajstić information content (AvgIpc) is 3.21. The molecule has 2 N–H and O–H groups in total. The van der Waals surface area contributed by atoms with Gasteiger partial charge in [-0.05, 0) is 17.7 Å². The molecule has 1 aliphatic heterocycles. The predicted molar refractivity (Wildman–Crippen MR) is 100 cm³/mol. The minimum absolute atomic E-state index is 0.140. The highest BCUT2D eigenvalue weighted by molar-refractivity contribution is 5.87. The second-order valence-electron chi connectivity index (χ2n) is 6.43. The number of benzene rings is 1. The molecule has 2 aromatic heterocycles. The van der Waals surface area contributed by atoms with Crippen molar-refractivity contribution in [1.82, 2.24) is 29.8 Å². The molecule has 1 aliphatic rings. The van der Waals surface area contributed by atoms with E-state index < -0.39 is 5.97 Å². The number of anilines is 1. The number of aromatic nitrogens is 4. The molecule has 0 atom stereocenters. The highest BCUT2D eigenvalue weighted by Gasteiger charge is 2.23. The van der Waals surface area contributed by atoms with Crippen LogP contribution in [0, 0.1) is 0 Å². The lowest BCUT2D eigenvalue weighted by molar-refractivity contribution is 0.0697. The highest BCUT2D eigenvalue weighted by atomic mass is 16.4. The normalized spacial score (nSPS) is 14.3. The Balaban J connectivity index is 1.31. The number of hydrogen-bond acceptors (Lipinski definition) is 6. The maximum atomic E-state index is 12.4. The van der Waals surface area contributed by atoms with Gasteiger partial charge in [-0.1, -0.05) is 12.1 Å². The van der Waals surface area contributed by atoms with Crippen LogP contribution in [0.5, 0.6) is 0 Å². The molecular formula is C18H19N7O3. The van der Waals surface area contributed by atoms with Gasteiger partial charge >= 0.3 is 12.0 Å². The monoisotopic (exact) mass is 381 g/mol. The van der Waals surface area contributed by atoms with Gasteiger partial charge in [-0.2, -0.15) is 9.61 Å². The molecule has 10 nitrogen and oxygen atoms in total. The number of rotatable bonds is 4. The largest absolute Gasteiger partial charge is 0.478 e. The number of fused-ring (bicyclic) bond motifs is 1. The lowest BCUT2D eigenvalue weighted by Gasteiger charge is -2.35. The molecular weight excluding hydrogens is 362 g/mol. The Kier molecular flexibility index (Phi) is 4.75. The second-order valence-corrected chi connectivity index (χ2v) is 6.43. The lowest BCUT2D eigenvalue weighted by atomic mass is 10.1. The summed E-state index contributed by atoms with van der Waals surface area (Å²) in [6.07, 6.45) is 4.90. The zero-order chi connectivity index (χ0) is 19.5. The van der Waals surface area contributed by atoms with Gasteiger partial charge in [0.15, 0.2) is 11.5 Å². The number of amides is 2. The van der Waals surface area contributed by atoms with Crippen LogP contribution in [-0.2, 0) is 6.54 Å². The standard InChI is InChI=1S/C18H19N7O3/c26-17(27)14-3-1-13(2-4-14)9-20-18(28)24-7-5-23(6-8-24)16-11-19-10-15-21-12-22-25(15)16/h1-4,10-12H,5-9H2,(H,20,28)(H,26,27). The van der Waals surface area contributed by atoms with E-state index in [4.69, 9.17) is 5.11 Å². The lowest BCUT2D eigenvalue weighted by Crippen LogP contribution is -2.52. The van der Waals surface area contributed by atoms with Crippen LogP contribution < -0.4 is 10.2 Å². The number of aromatic carboxylic acids is 1. The van der Waals surface area contributed by atoms with Gasteiger partial charge < -0.3 is 20.2 Å².